The van der Waals surface area contributed by atoms with Gasteiger partial charge in [-0.15, -0.1) is 6.58 Å². The number of benzene rings is 1. The molecule has 3 nitrogen and oxygen atoms in total. The molecule has 1 aromatic heterocycles. The van der Waals surface area contributed by atoms with Crippen molar-refractivity contribution in [2.45, 2.75) is 26.3 Å². The summed E-state index contributed by atoms with van der Waals surface area (Å²) in [6.07, 6.45) is 2.28. The van der Waals surface area contributed by atoms with E-state index in [2.05, 4.69) is 6.58 Å². The van der Waals surface area contributed by atoms with Crippen LogP contribution in [0.1, 0.15) is 31.9 Å². The molecule has 0 aliphatic rings. The number of rotatable bonds is 5. The van der Waals surface area contributed by atoms with E-state index in [1.165, 1.54) is 0 Å². The second-order valence-corrected chi connectivity index (χ2v) is 4.93. The molecule has 0 fully saturated rings. The summed E-state index contributed by atoms with van der Waals surface area (Å²) in [5, 5.41) is 0. The van der Waals surface area contributed by atoms with Crippen LogP contribution in [0, 0.1) is 0 Å². The Morgan fingerprint density at radius 1 is 1.20 bits per heavy atom. The maximum Gasteiger partial charge on any atom is 0.226 e. The molecule has 2 aromatic rings. The van der Waals surface area contributed by atoms with Crippen LogP contribution in [-0.2, 0) is 4.79 Å². The van der Waals surface area contributed by atoms with Gasteiger partial charge in [0.25, 0.3) is 0 Å². The molecule has 3 heteroatoms. The predicted molar refractivity (Wildman–Crippen MR) is 80.5 cm³/mol. The number of carbonyl (C=O) groups is 1. The Labute approximate surface area is 119 Å². The van der Waals surface area contributed by atoms with Gasteiger partial charge in [-0.1, -0.05) is 35.9 Å². The largest absolute Gasteiger partial charge is 0.448 e. The lowest BCUT2D eigenvalue weighted by Gasteiger charge is -2.29. The van der Waals surface area contributed by atoms with Crippen molar-refractivity contribution < 1.29 is 9.21 Å². The molecular formula is C17H19NO2. The summed E-state index contributed by atoms with van der Waals surface area (Å²) in [5.74, 6) is 0.516. The van der Waals surface area contributed by atoms with Crippen LogP contribution in [0.15, 0.2) is 65.3 Å². The van der Waals surface area contributed by atoms with Gasteiger partial charge in [-0.3, -0.25) is 9.69 Å². The lowest BCUT2D eigenvalue weighted by Crippen LogP contribution is -2.33. The Morgan fingerprint density at radius 2 is 1.90 bits per heavy atom. The van der Waals surface area contributed by atoms with E-state index in [0.717, 1.165) is 11.1 Å². The van der Waals surface area contributed by atoms with Crippen LogP contribution in [0.3, 0.4) is 0 Å². The maximum absolute atomic E-state index is 12.1. The molecule has 1 heterocycles. The van der Waals surface area contributed by atoms with Crippen LogP contribution < -0.4 is 4.90 Å². The van der Waals surface area contributed by atoms with E-state index in [4.69, 9.17) is 4.42 Å². The SMILES string of the molecule is C=C(C)C[C@@H](c1ccccc1)N(C(C)=O)c1ccco1. The number of carbonyl (C=O) groups excluding carboxylic acids is 1. The summed E-state index contributed by atoms with van der Waals surface area (Å²) < 4.78 is 5.42. The molecule has 1 atom stereocenters. The first-order valence-corrected chi connectivity index (χ1v) is 6.62. The first-order valence-electron chi connectivity index (χ1n) is 6.62. The Bertz CT molecular complexity index is 572. The molecule has 1 amide bonds. The third kappa shape index (κ3) is 3.18. The second-order valence-electron chi connectivity index (χ2n) is 4.93. The normalized spacial score (nSPS) is 11.9. The lowest BCUT2D eigenvalue weighted by molar-refractivity contribution is -0.117. The fourth-order valence-corrected chi connectivity index (χ4v) is 2.30. The van der Waals surface area contributed by atoms with Gasteiger partial charge in [0, 0.05) is 13.0 Å². The molecule has 0 aliphatic carbocycles. The molecule has 0 spiro atoms. The number of amides is 1. The third-order valence-corrected chi connectivity index (χ3v) is 3.12. The van der Waals surface area contributed by atoms with Gasteiger partial charge in [-0.2, -0.15) is 0 Å². The molecule has 20 heavy (non-hydrogen) atoms. The minimum atomic E-state index is -0.0997. The number of anilines is 1. The Kier molecular flexibility index (Phi) is 4.41. The van der Waals surface area contributed by atoms with Crippen molar-refractivity contribution in [1.29, 1.82) is 0 Å². The minimum Gasteiger partial charge on any atom is -0.448 e. The quantitative estimate of drug-likeness (QED) is 0.756. The number of furan rings is 1. The van der Waals surface area contributed by atoms with E-state index in [1.54, 1.807) is 30.2 Å². The van der Waals surface area contributed by atoms with Crippen LogP contribution in [0.4, 0.5) is 5.88 Å². The Morgan fingerprint density at radius 3 is 2.40 bits per heavy atom. The van der Waals surface area contributed by atoms with Crippen molar-refractivity contribution in [3.63, 3.8) is 0 Å². The molecule has 1 aromatic carbocycles. The van der Waals surface area contributed by atoms with Gasteiger partial charge in [0.2, 0.25) is 11.8 Å². The highest BCUT2D eigenvalue weighted by Gasteiger charge is 2.26. The average Bonchev–Trinajstić information content (AvgIpc) is 2.92. The number of hydrogen-bond donors (Lipinski definition) is 0. The van der Waals surface area contributed by atoms with E-state index in [1.807, 2.05) is 37.3 Å². The minimum absolute atomic E-state index is 0.0462. The first-order chi connectivity index (χ1) is 9.59. The monoisotopic (exact) mass is 269 g/mol. The van der Waals surface area contributed by atoms with Crippen LogP contribution >= 0.6 is 0 Å². The summed E-state index contributed by atoms with van der Waals surface area (Å²) in [7, 11) is 0. The van der Waals surface area contributed by atoms with Crippen LogP contribution in [0.2, 0.25) is 0 Å². The molecule has 0 aliphatic heterocycles. The lowest BCUT2D eigenvalue weighted by atomic mass is 9.98. The Balaban J connectivity index is 2.43. The van der Waals surface area contributed by atoms with Crippen LogP contribution in [0.5, 0.6) is 0 Å². The van der Waals surface area contributed by atoms with Gasteiger partial charge in [0.15, 0.2) is 0 Å². The molecule has 0 saturated heterocycles. The van der Waals surface area contributed by atoms with Gasteiger partial charge in [-0.25, -0.2) is 0 Å². The molecule has 0 unspecified atom stereocenters. The van der Waals surface area contributed by atoms with E-state index in [-0.39, 0.29) is 11.9 Å². The number of hydrogen-bond acceptors (Lipinski definition) is 2. The zero-order valence-corrected chi connectivity index (χ0v) is 11.9. The van der Waals surface area contributed by atoms with Gasteiger partial charge in [0.1, 0.15) is 0 Å². The first kappa shape index (κ1) is 14.1. The fraction of sp³-hybridized carbons (Fsp3) is 0.235. The maximum atomic E-state index is 12.1. The molecule has 0 saturated carbocycles. The fourth-order valence-electron chi connectivity index (χ4n) is 2.30. The smallest absolute Gasteiger partial charge is 0.226 e. The summed E-state index contributed by atoms with van der Waals surface area (Å²) in [4.78, 5) is 13.8. The zero-order chi connectivity index (χ0) is 14.5. The molecule has 0 N–H and O–H groups in total. The van der Waals surface area contributed by atoms with Gasteiger partial charge >= 0.3 is 0 Å². The van der Waals surface area contributed by atoms with Gasteiger partial charge in [0.05, 0.1) is 12.3 Å². The molecular weight excluding hydrogens is 250 g/mol. The summed E-state index contributed by atoms with van der Waals surface area (Å²) in [5.41, 5.74) is 2.10. The molecule has 104 valence electrons. The van der Waals surface area contributed by atoms with Crippen molar-refractivity contribution >= 4 is 11.8 Å². The topological polar surface area (TPSA) is 33.5 Å². The summed E-state index contributed by atoms with van der Waals surface area (Å²) in [6.45, 7) is 7.50. The Hall–Kier alpha value is -2.29. The summed E-state index contributed by atoms with van der Waals surface area (Å²) in [6, 6.07) is 13.4. The van der Waals surface area contributed by atoms with E-state index < -0.39 is 0 Å². The van der Waals surface area contributed by atoms with Crippen molar-refractivity contribution in [3.8, 4) is 0 Å². The summed E-state index contributed by atoms with van der Waals surface area (Å²) >= 11 is 0. The average molecular weight is 269 g/mol. The zero-order valence-electron chi connectivity index (χ0n) is 11.9. The van der Waals surface area contributed by atoms with Crippen LogP contribution in [0.25, 0.3) is 0 Å². The van der Waals surface area contributed by atoms with Crippen molar-refractivity contribution in [1.82, 2.24) is 0 Å². The van der Waals surface area contributed by atoms with Crippen molar-refractivity contribution in [3.05, 3.63) is 66.4 Å². The number of nitrogens with zero attached hydrogens (tertiary/aromatic N) is 1. The highest BCUT2D eigenvalue weighted by Crippen LogP contribution is 2.32. The second kappa shape index (κ2) is 6.24. The van der Waals surface area contributed by atoms with Crippen molar-refractivity contribution in [2.24, 2.45) is 0 Å². The third-order valence-electron chi connectivity index (χ3n) is 3.12. The van der Waals surface area contributed by atoms with Gasteiger partial charge < -0.3 is 4.42 Å². The van der Waals surface area contributed by atoms with Gasteiger partial charge in [-0.05, 0) is 25.0 Å². The van der Waals surface area contributed by atoms with E-state index in [0.29, 0.717) is 12.3 Å². The van der Waals surface area contributed by atoms with E-state index in [9.17, 15) is 4.79 Å². The van der Waals surface area contributed by atoms with Crippen molar-refractivity contribution in [2.75, 3.05) is 4.90 Å². The molecule has 0 radical (unpaired) electrons. The highest BCUT2D eigenvalue weighted by molar-refractivity contribution is 5.90. The standard InChI is InChI=1S/C17H19NO2/c1-13(2)12-16(15-8-5-4-6-9-15)18(14(3)19)17-10-7-11-20-17/h4-11,16H,1,12H2,2-3H3/t16-/m0/s1. The van der Waals surface area contributed by atoms with E-state index >= 15 is 0 Å². The highest BCUT2D eigenvalue weighted by atomic mass is 16.3. The molecule has 0 bridgehead atoms. The molecule has 2 rings (SSSR count). The predicted octanol–water partition coefficient (Wildman–Crippen LogP) is 4.34. The van der Waals surface area contributed by atoms with Crippen LogP contribution in [-0.4, -0.2) is 5.91 Å².